The van der Waals surface area contributed by atoms with Gasteiger partial charge in [-0.3, -0.25) is 10.1 Å². The first-order valence-electron chi connectivity index (χ1n) is 5.37. The third kappa shape index (κ3) is 2.89. The Morgan fingerprint density at radius 1 is 1.53 bits per heavy atom. The third-order valence-corrected chi connectivity index (χ3v) is 4.04. The molecule has 1 N–H and O–H groups in total. The van der Waals surface area contributed by atoms with Crippen molar-refractivity contribution >= 4 is 33.7 Å². The SMILES string of the molecule is CCCc1cc(C(=O)Nc2nncs2)sc1C. The number of anilines is 1. The van der Waals surface area contributed by atoms with E-state index in [4.69, 9.17) is 0 Å². The van der Waals surface area contributed by atoms with Gasteiger partial charge in [0.2, 0.25) is 5.13 Å². The summed E-state index contributed by atoms with van der Waals surface area (Å²) >= 11 is 2.85. The molecule has 2 heterocycles. The van der Waals surface area contributed by atoms with Crippen LogP contribution >= 0.6 is 22.7 Å². The molecule has 0 aliphatic rings. The van der Waals surface area contributed by atoms with Crippen LogP contribution in [-0.2, 0) is 6.42 Å². The second-order valence-corrected chi connectivity index (χ2v) is 5.73. The van der Waals surface area contributed by atoms with E-state index in [0.29, 0.717) is 5.13 Å². The molecule has 1 amide bonds. The van der Waals surface area contributed by atoms with Gasteiger partial charge in [0.25, 0.3) is 5.91 Å². The smallest absolute Gasteiger partial charge is 0.267 e. The Kier molecular flexibility index (Phi) is 3.86. The van der Waals surface area contributed by atoms with Gasteiger partial charge in [-0.2, -0.15) is 0 Å². The first-order valence-corrected chi connectivity index (χ1v) is 7.07. The van der Waals surface area contributed by atoms with E-state index in [-0.39, 0.29) is 5.91 Å². The van der Waals surface area contributed by atoms with Gasteiger partial charge < -0.3 is 0 Å². The molecule has 0 aliphatic heterocycles. The van der Waals surface area contributed by atoms with E-state index in [0.717, 1.165) is 17.7 Å². The molecule has 0 saturated heterocycles. The molecule has 0 saturated carbocycles. The fraction of sp³-hybridized carbons (Fsp3) is 0.364. The van der Waals surface area contributed by atoms with Crippen LogP contribution in [-0.4, -0.2) is 16.1 Å². The molecule has 2 aromatic heterocycles. The molecule has 6 heteroatoms. The van der Waals surface area contributed by atoms with Crippen molar-refractivity contribution in [2.75, 3.05) is 5.32 Å². The summed E-state index contributed by atoms with van der Waals surface area (Å²) < 4.78 is 0. The largest absolute Gasteiger partial charge is 0.296 e. The van der Waals surface area contributed by atoms with Crippen LogP contribution in [0, 0.1) is 6.92 Å². The van der Waals surface area contributed by atoms with E-state index in [9.17, 15) is 4.79 Å². The van der Waals surface area contributed by atoms with E-state index < -0.39 is 0 Å². The molecule has 0 spiro atoms. The highest BCUT2D eigenvalue weighted by molar-refractivity contribution is 7.15. The number of nitrogens with zero attached hydrogens (tertiary/aromatic N) is 2. The minimum absolute atomic E-state index is 0.0998. The zero-order chi connectivity index (χ0) is 12.3. The lowest BCUT2D eigenvalue weighted by Crippen LogP contribution is -2.09. The number of amides is 1. The van der Waals surface area contributed by atoms with E-state index in [1.54, 1.807) is 5.51 Å². The van der Waals surface area contributed by atoms with E-state index in [1.165, 1.54) is 33.1 Å². The van der Waals surface area contributed by atoms with Crippen LogP contribution in [0.3, 0.4) is 0 Å². The second-order valence-electron chi connectivity index (χ2n) is 3.64. The number of hydrogen-bond acceptors (Lipinski definition) is 5. The zero-order valence-corrected chi connectivity index (χ0v) is 11.3. The summed E-state index contributed by atoms with van der Waals surface area (Å²) in [5.41, 5.74) is 2.86. The van der Waals surface area contributed by atoms with Crippen molar-refractivity contribution in [3.05, 3.63) is 26.9 Å². The average Bonchev–Trinajstić information content (AvgIpc) is 2.90. The quantitative estimate of drug-likeness (QED) is 0.926. The molecular weight excluding hydrogens is 254 g/mol. The topological polar surface area (TPSA) is 54.9 Å². The molecule has 0 unspecified atom stereocenters. The Labute approximate surface area is 108 Å². The minimum atomic E-state index is -0.0998. The first-order chi connectivity index (χ1) is 8.20. The Balaban J connectivity index is 2.11. The third-order valence-electron chi connectivity index (χ3n) is 2.34. The molecule has 0 bridgehead atoms. The lowest BCUT2D eigenvalue weighted by atomic mass is 10.1. The summed E-state index contributed by atoms with van der Waals surface area (Å²) in [7, 11) is 0. The summed E-state index contributed by atoms with van der Waals surface area (Å²) in [6.45, 7) is 4.19. The van der Waals surface area contributed by atoms with Crippen molar-refractivity contribution in [3.63, 3.8) is 0 Å². The maximum absolute atomic E-state index is 11.9. The lowest BCUT2D eigenvalue weighted by molar-refractivity contribution is 0.103. The van der Waals surface area contributed by atoms with Crippen LogP contribution in [0.15, 0.2) is 11.6 Å². The van der Waals surface area contributed by atoms with E-state index in [2.05, 4.69) is 29.4 Å². The standard InChI is InChI=1S/C11H13N3OS2/c1-3-4-8-5-9(17-7(8)2)10(15)13-11-14-12-6-16-11/h5-6H,3-4H2,1-2H3,(H,13,14,15). The number of thiophene rings is 1. The maximum atomic E-state index is 11.9. The molecule has 2 rings (SSSR count). The van der Waals surface area contributed by atoms with Crippen molar-refractivity contribution in [1.29, 1.82) is 0 Å². The Bertz CT molecular complexity index is 505. The van der Waals surface area contributed by atoms with Gasteiger partial charge in [-0.15, -0.1) is 21.5 Å². The number of rotatable bonds is 4. The van der Waals surface area contributed by atoms with Gasteiger partial charge in [0.15, 0.2) is 0 Å². The Morgan fingerprint density at radius 3 is 3.00 bits per heavy atom. The lowest BCUT2D eigenvalue weighted by Gasteiger charge is -1.96. The number of nitrogens with one attached hydrogen (secondary N) is 1. The van der Waals surface area contributed by atoms with Crippen molar-refractivity contribution in [2.45, 2.75) is 26.7 Å². The van der Waals surface area contributed by atoms with Gasteiger partial charge >= 0.3 is 0 Å². The predicted octanol–water partition coefficient (Wildman–Crippen LogP) is 3.11. The molecule has 0 atom stereocenters. The van der Waals surface area contributed by atoms with Crippen molar-refractivity contribution in [2.24, 2.45) is 0 Å². The van der Waals surface area contributed by atoms with Gasteiger partial charge in [-0.05, 0) is 25.0 Å². The van der Waals surface area contributed by atoms with Gasteiger partial charge in [0.1, 0.15) is 5.51 Å². The van der Waals surface area contributed by atoms with Crippen LogP contribution < -0.4 is 5.32 Å². The maximum Gasteiger partial charge on any atom is 0.267 e. The fourth-order valence-electron chi connectivity index (χ4n) is 1.54. The second kappa shape index (κ2) is 5.37. The molecule has 0 radical (unpaired) electrons. The number of carbonyl (C=O) groups is 1. The van der Waals surface area contributed by atoms with Crippen LogP contribution in [0.4, 0.5) is 5.13 Å². The normalized spacial score (nSPS) is 10.5. The number of aromatic nitrogens is 2. The molecule has 17 heavy (non-hydrogen) atoms. The molecule has 0 fully saturated rings. The molecular formula is C11H13N3OS2. The van der Waals surface area contributed by atoms with Crippen LogP contribution in [0.25, 0.3) is 0 Å². The van der Waals surface area contributed by atoms with Gasteiger partial charge in [0.05, 0.1) is 4.88 Å². The molecule has 0 aliphatic carbocycles. The number of aryl methyl sites for hydroxylation is 2. The van der Waals surface area contributed by atoms with Gasteiger partial charge in [-0.1, -0.05) is 24.7 Å². The molecule has 4 nitrogen and oxygen atoms in total. The monoisotopic (exact) mass is 267 g/mol. The van der Waals surface area contributed by atoms with Crippen LogP contribution in [0.5, 0.6) is 0 Å². The van der Waals surface area contributed by atoms with E-state index in [1.807, 2.05) is 6.07 Å². The summed E-state index contributed by atoms with van der Waals surface area (Å²) in [5, 5.41) is 10.7. The summed E-state index contributed by atoms with van der Waals surface area (Å²) in [5.74, 6) is -0.0998. The van der Waals surface area contributed by atoms with Crippen molar-refractivity contribution in [1.82, 2.24) is 10.2 Å². The molecule has 2 aromatic rings. The highest BCUT2D eigenvalue weighted by Gasteiger charge is 2.13. The van der Waals surface area contributed by atoms with Gasteiger partial charge in [0, 0.05) is 4.88 Å². The fourth-order valence-corrected chi connectivity index (χ4v) is 2.94. The van der Waals surface area contributed by atoms with Crippen LogP contribution in [0.2, 0.25) is 0 Å². The van der Waals surface area contributed by atoms with Crippen molar-refractivity contribution < 1.29 is 4.79 Å². The minimum Gasteiger partial charge on any atom is -0.296 e. The number of hydrogen-bond donors (Lipinski definition) is 1. The average molecular weight is 267 g/mol. The highest BCUT2D eigenvalue weighted by Crippen LogP contribution is 2.24. The summed E-state index contributed by atoms with van der Waals surface area (Å²) in [6.07, 6.45) is 2.11. The molecule has 90 valence electrons. The van der Waals surface area contributed by atoms with Crippen LogP contribution in [0.1, 0.15) is 33.5 Å². The summed E-state index contributed by atoms with van der Waals surface area (Å²) in [4.78, 5) is 13.9. The predicted molar refractivity (Wildman–Crippen MR) is 70.9 cm³/mol. The summed E-state index contributed by atoms with van der Waals surface area (Å²) in [6, 6.07) is 1.97. The highest BCUT2D eigenvalue weighted by atomic mass is 32.1. The Morgan fingerprint density at radius 2 is 2.35 bits per heavy atom. The Hall–Kier alpha value is -1.27. The number of carbonyl (C=O) groups excluding carboxylic acids is 1. The van der Waals surface area contributed by atoms with Crippen molar-refractivity contribution in [3.8, 4) is 0 Å². The van der Waals surface area contributed by atoms with Gasteiger partial charge in [-0.25, -0.2) is 0 Å². The first kappa shape index (κ1) is 12.2. The molecule has 0 aromatic carbocycles. The zero-order valence-electron chi connectivity index (χ0n) is 9.69. The van der Waals surface area contributed by atoms with E-state index >= 15 is 0 Å².